The molecule has 0 saturated carbocycles. The number of halogens is 1. The van der Waals surface area contributed by atoms with Gasteiger partial charge >= 0.3 is 5.97 Å². The van der Waals surface area contributed by atoms with Gasteiger partial charge in [0.15, 0.2) is 0 Å². The molecule has 4 N–H and O–H groups in total. The predicted octanol–water partition coefficient (Wildman–Crippen LogP) is 3.19. The summed E-state index contributed by atoms with van der Waals surface area (Å²) < 4.78 is 0. The summed E-state index contributed by atoms with van der Waals surface area (Å²) in [5.74, 6) is -1.63. The molecule has 0 spiro atoms. The summed E-state index contributed by atoms with van der Waals surface area (Å²) in [6.45, 7) is 1.71. The van der Waals surface area contributed by atoms with Crippen molar-refractivity contribution < 1.29 is 14.7 Å². The molecule has 0 bridgehead atoms. The van der Waals surface area contributed by atoms with Gasteiger partial charge in [0.05, 0.1) is 16.8 Å². The second-order valence-corrected chi connectivity index (χ2v) is 4.95. The molecule has 0 aliphatic heterocycles. The lowest BCUT2D eigenvalue weighted by atomic mass is 10.1. The molecule has 0 aromatic heterocycles. The Morgan fingerprint density at radius 3 is 2.48 bits per heavy atom. The van der Waals surface area contributed by atoms with Crippen molar-refractivity contribution in [3.8, 4) is 0 Å². The molecule has 2 rings (SSSR count). The molecule has 0 radical (unpaired) electrons. The van der Waals surface area contributed by atoms with Gasteiger partial charge in [-0.2, -0.15) is 0 Å². The quantitative estimate of drug-likeness (QED) is 0.808. The Bertz CT molecular complexity index is 729. The van der Waals surface area contributed by atoms with E-state index in [1.807, 2.05) is 0 Å². The lowest BCUT2D eigenvalue weighted by Gasteiger charge is -2.12. The SMILES string of the molecule is Cc1ccc(Nc2ccc(Cl)cc2C(N)=O)cc1C(=O)O. The van der Waals surface area contributed by atoms with Crippen LogP contribution in [0.4, 0.5) is 11.4 Å². The molecule has 2 aromatic carbocycles. The van der Waals surface area contributed by atoms with Gasteiger partial charge in [-0.25, -0.2) is 4.79 Å². The van der Waals surface area contributed by atoms with Gasteiger partial charge < -0.3 is 16.2 Å². The van der Waals surface area contributed by atoms with Crippen LogP contribution in [0.15, 0.2) is 36.4 Å². The minimum absolute atomic E-state index is 0.189. The number of carbonyl (C=O) groups excluding carboxylic acids is 1. The minimum Gasteiger partial charge on any atom is -0.478 e. The van der Waals surface area contributed by atoms with E-state index < -0.39 is 11.9 Å². The van der Waals surface area contributed by atoms with Crippen LogP contribution >= 0.6 is 11.6 Å². The van der Waals surface area contributed by atoms with Crippen molar-refractivity contribution >= 4 is 34.9 Å². The second kappa shape index (κ2) is 5.85. The number of carboxylic acid groups (broad SMARTS) is 1. The first kappa shape index (κ1) is 14.9. The van der Waals surface area contributed by atoms with Crippen LogP contribution in [0.3, 0.4) is 0 Å². The van der Waals surface area contributed by atoms with Gasteiger partial charge in [0, 0.05) is 10.7 Å². The molecule has 2 aromatic rings. The highest BCUT2D eigenvalue weighted by molar-refractivity contribution is 6.31. The third-order valence-electron chi connectivity index (χ3n) is 2.99. The Morgan fingerprint density at radius 1 is 1.14 bits per heavy atom. The van der Waals surface area contributed by atoms with E-state index in [0.717, 1.165) is 0 Å². The lowest BCUT2D eigenvalue weighted by molar-refractivity contribution is 0.0696. The van der Waals surface area contributed by atoms with E-state index in [-0.39, 0.29) is 11.1 Å². The van der Waals surface area contributed by atoms with Crippen LogP contribution in [-0.2, 0) is 0 Å². The van der Waals surface area contributed by atoms with Gasteiger partial charge in [-0.1, -0.05) is 17.7 Å². The molecule has 5 nitrogen and oxygen atoms in total. The van der Waals surface area contributed by atoms with Crippen LogP contribution in [0.1, 0.15) is 26.3 Å². The number of aromatic carboxylic acids is 1. The molecule has 0 unspecified atom stereocenters. The molecule has 0 heterocycles. The van der Waals surface area contributed by atoms with E-state index in [1.165, 1.54) is 12.1 Å². The first-order chi connectivity index (χ1) is 9.88. The van der Waals surface area contributed by atoms with Crippen LogP contribution in [0, 0.1) is 6.92 Å². The normalized spacial score (nSPS) is 10.2. The van der Waals surface area contributed by atoms with E-state index in [2.05, 4.69) is 5.32 Å². The Morgan fingerprint density at radius 2 is 1.86 bits per heavy atom. The molecule has 108 valence electrons. The molecule has 21 heavy (non-hydrogen) atoms. The van der Waals surface area contributed by atoms with Crippen molar-refractivity contribution in [1.82, 2.24) is 0 Å². The smallest absolute Gasteiger partial charge is 0.336 e. The number of hydrogen-bond acceptors (Lipinski definition) is 3. The monoisotopic (exact) mass is 304 g/mol. The van der Waals surface area contributed by atoms with E-state index >= 15 is 0 Å². The summed E-state index contributed by atoms with van der Waals surface area (Å²) >= 11 is 5.84. The Kier molecular flexibility index (Phi) is 4.14. The topological polar surface area (TPSA) is 92.4 Å². The van der Waals surface area contributed by atoms with E-state index in [9.17, 15) is 9.59 Å². The number of amides is 1. The number of carbonyl (C=O) groups is 2. The number of aryl methyl sites for hydroxylation is 1. The zero-order valence-corrected chi connectivity index (χ0v) is 11.9. The summed E-state index contributed by atoms with van der Waals surface area (Å²) in [5.41, 5.74) is 7.39. The van der Waals surface area contributed by atoms with Crippen molar-refractivity contribution in [2.75, 3.05) is 5.32 Å². The van der Waals surface area contributed by atoms with Crippen molar-refractivity contribution in [2.45, 2.75) is 6.92 Å². The Balaban J connectivity index is 2.41. The zero-order chi connectivity index (χ0) is 15.6. The molecule has 1 amide bonds. The first-order valence-corrected chi connectivity index (χ1v) is 6.46. The van der Waals surface area contributed by atoms with Crippen LogP contribution in [0.25, 0.3) is 0 Å². The Hall–Kier alpha value is -2.53. The number of nitrogens with one attached hydrogen (secondary N) is 1. The fraction of sp³-hybridized carbons (Fsp3) is 0.0667. The average Bonchev–Trinajstić information content (AvgIpc) is 2.42. The summed E-state index contributed by atoms with van der Waals surface area (Å²) in [4.78, 5) is 22.5. The fourth-order valence-corrected chi connectivity index (χ4v) is 2.09. The number of carboxylic acids is 1. The molecule has 0 fully saturated rings. The number of primary amides is 1. The standard InChI is InChI=1S/C15H13ClN2O3/c1-8-2-4-10(7-11(8)15(20)21)18-13-5-3-9(16)6-12(13)14(17)19/h2-7,18H,1H3,(H2,17,19)(H,20,21). The van der Waals surface area contributed by atoms with Gasteiger partial charge in [0.2, 0.25) is 0 Å². The van der Waals surface area contributed by atoms with Crippen LogP contribution < -0.4 is 11.1 Å². The van der Waals surface area contributed by atoms with Crippen LogP contribution in [0.2, 0.25) is 5.02 Å². The third-order valence-corrected chi connectivity index (χ3v) is 3.23. The highest BCUT2D eigenvalue weighted by Crippen LogP contribution is 2.25. The van der Waals surface area contributed by atoms with Crippen molar-refractivity contribution in [2.24, 2.45) is 5.73 Å². The number of nitrogens with two attached hydrogens (primary N) is 1. The van der Waals surface area contributed by atoms with E-state index in [1.54, 1.807) is 31.2 Å². The highest BCUT2D eigenvalue weighted by Gasteiger charge is 2.11. The predicted molar refractivity (Wildman–Crippen MR) is 81.4 cm³/mol. The molecule has 0 aliphatic carbocycles. The largest absolute Gasteiger partial charge is 0.478 e. The molecular formula is C15H13ClN2O3. The van der Waals surface area contributed by atoms with E-state index in [4.69, 9.17) is 22.4 Å². The number of benzene rings is 2. The number of anilines is 2. The van der Waals surface area contributed by atoms with Crippen LogP contribution in [0.5, 0.6) is 0 Å². The summed E-state index contributed by atoms with van der Waals surface area (Å²) in [7, 11) is 0. The Labute approximate surface area is 126 Å². The molecule has 6 heteroatoms. The fourth-order valence-electron chi connectivity index (χ4n) is 1.92. The van der Waals surface area contributed by atoms with Gasteiger partial charge in [0.25, 0.3) is 5.91 Å². The van der Waals surface area contributed by atoms with Crippen molar-refractivity contribution in [3.05, 3.63) is 58.1 Å². The van der Waals surface area contributed by atoms with Crippen molar-refractivity contribution in [1.29, 1.82) is 0 Å². The van der Waals surface area contributed by atoms with E-state index in [0.29, 0.717) is 22.0 Å². The van der Waals surface area contributed by atoms with Gasteiger partial charge in [-0.15, -0.1) is 0 Å². The highest BCUT2D eigenvalue weighted by atomic mass is 35.5. The van der Waals surface area contributed by atoms with Crippen LogP contribution in [-0.4, -0.2) is 17.0 Å². The van der Waals surface area contributed by atoms with Gasteiger partial charge in [-0.05, 0) is 42.8 Å². The minimum atomic E-state index is -1.01. The maximum atomic E-state index is 11.4. The maximum absolute atomic E-state index is 11.4. The lowest BCUT2D eigenvalue weighted by Crippen LogP contribution is -2.13. The maximum Gasteiger partial charge on any atom is 0.336 e. The molecule has 0 aliphatic rings. The van der Waals surface area contributed by atoms with Gasteiger partial charge in [-0.3, -0.25) is 4.79 Å². The molecular weight excluding hydrogens is 292 g/mol. The second-order valence-electron chi connectivity index (χ2n) is 4.51. The summed E-state index contributed by atoms with van der Waals surface area (Å²) in [6.07, 6.45) is 0. The molecule has 0 atom stereocenters. The number of hydrogen-bond donors (Lipinski definition) is 3. The molecule has 0 saturated heterocycles. The average molecular weight is 305 g/mol. The zero-order valence-electron chi connectivity index (χ0n) is 11.2. The summed E-state index contributed by atoms with van der Waals surface area (Å²) in [5, 5.41) is 12.5. The van der Waals surface area contributed by atoms with Gasteiger partial charge in [0.1, 0.15) is 0 Å². The van der Waals surface area contributed by atoms with Crippen molar-refractivity contribution in [3.63, 3.8) is 0 Å². The first-order valence-electron chi connectivity index (χ1n) is 6.09. The summed E-state index contributed by atoms with van der Waals surface area (Å²) in [6, 6.07) is 9.59. The third kappa shape index (κ3) is 3.32. The number of rotatable bonds is 4.